The highest BCUT2D eigenvalue weighted by molar-refractivity contribution is 5.74. The van der Waals surface area contributed by atoms with Crippen LogP contribution in [0.15, 0.2) is 0 Å². The molecule has 0 saturated carbocycles. The summed E-state index contributed by atoms with van der Waals surface area (Å²) in [5.74, 6) is -1.15. The Bertz CT molecular complexity index is 376. The number of amides is 1. The number of aliphatic hydroxyl groups excluding tert-OH is 3. The van der Waals surface area contributed by atoms with E-state index in [-0.39, 0.29) is 0 Å². The van der Waals surface area contributed by atoms with E-state index in [1.54, 1.807) is 0 Å². The van der Waals surface area contributed by atoms with E-state index in [1.165, 1.54) is 21.0 Å². The van der Waals surface area contributed by atoms with Crippen LogP contribution in [-0.2, 0) is 23.8 Å². The SMILES string of the molecule is COC(=O)[C@@H](C)OC1C(NC(C)=O)[C@H](O)OC(CO)[C@@H]1O. The molecular weight excluding hydrogens is 286 g/mol. The molecule has 21 heavy (non-hydrogen) atoms. The molecule has 1 heterocycles. The number of hydrogen-bond donors (Lipinski definition) is 4. The molecule has 0 aromatic rings. The van der Waals surface area contributed by atoms with Gasteiger partial charge in [-0.25, -0.2) is 4.79 Å². The van der Waals surface area contributed by atoms with Gasteiger partial charge in [0.15, 0.2) is 12.4 Å². The molecule has 0 spiro atoms. The first-order valence-electron chi connectivity index (χ1n) is 6.44. The molecule has 1 amide bonds. The van der Waals surface area contributed by atoms with Crippen molar-refractivity contribution in [3.8, 4) is 0 Å². The average molecular weight is 307 g/mol. The van der Waals surface area contributed by atoms with Gasteiger partial charge in [0.25, 0.3) is 0 Å². The Morgan fingerprint density at radius 1 is 1.38 bits per heavy atom. The van der Waals surface area contributed by atoms with Crippen LogP contribution in [-0.4, -0.2) is 77.7 Å². The summed E-state index contributed by atoms with van der Waals surface area (Å²) in [5.41, 5.74) is 0. The van der Waals surface area contributed by atoms with E-state index in [4.69, 9.17) is 14.6 Å². The largest absolute Gasteiger partial charge is 0.467 e. The topological polar surface area (TPSA) is 135 Å². The Hall–Kier alpha value is -1.26. The lowest BCUT2D eigenvalue weighted by Gasteiger charge is -2.43. The number of nitrogens with one attached hydrogen (secondary N) is 1. The normalized spacial score (nSPS) is 34.1. The molecule has 1 rings (SSSR count). The van der Waals surface area contributed by atoms with Gasteiger partial charge < -0.3 is 34.8 Å². The molecule has 1 saturated heterocycles. The Morgan fingerprint density at radius 3 is 2.48 bits per heavy atom. The van der Waals surface area contributed by atoms with Gasteiger partial charge in [-0.15, -0.1) is 0 Å². The third-order valence-corrected chi connectivity index (χ3v) is 3.14. The number of esters is 1. The maximum Gasteiger partial charge on any atom is 0.334 e. The first-order chi connectivity index (χ1) is 9.81. The molecule has 0 radical (unpaired) electrons. The van der Waals surface area contributed by atoms with Gasteiger partial charge in [-0.1, -0.05) is 0 Å². The standard InChI is InChI=1S/C12H21NO8/c1-5(11(17)19-3)20-10-8(13-6(2)15)12(18)21-7(4-14)9(10)16/h5,7-10,12,14,16,18H,4H2,1-3H3,(H,13,15)/t5-,7?,8?,9+,10?,12-/m1/s1. The van der Waals surface area contributed by atoms with E-state index in [0.717, 1.165) is 0 Å². The van der Waals surface area contributed by atoms with E-state index >= 15 is 0 Å². The minimum atomic E-state index is -1.50. The predicted octanol–water partition coefficient (Wildman–Crippen LogP) is -2.49. The van der Waals surface area contributed by atoms with Gasteiger partial charge in [0.2, 0.25) is 5.91 Å². The van der Waals surface area contributed by atoms with E-state index in [2.05, 4.69) is 10.1 Å². The maximum atomic E-state index is 11.4. The van der Waals surface area contributed by atoms with Crippen LogP contribution < -0.4 is 5.32 Å². The Morgan fingerprint density at radius 2 is 2.00 bits per heavy atom. The zero-order valence-corrected chi connectivity index (χ0v) is 12.1. The monoisotopic (exact) mass is 307 g/mol. The van der Waals surface area contributed by atoms with E-state index in [1.807, 2.05) is 0 Å². The predicted molar refractivity (Wildman–Crippen MR) is 67.9 cm³/mol. The molecule has 1 fully saturated rings. The van der Waals surface area contributed by atoms with Gasteiger partial charge in [0, 0.05) is 6.92 Å². The third-order valence-electron chi connectivity index (χ3n) is 3.14. The van der Waals surface area contributed by atoms with Crippen LogP contribution in [0.2, 0.25) is 0 Å². The summed E-state index contributed by atoms with van der Waals surface area (Å²) in [5, 5.41) is 31.5. The molecular formula is C12H21NO8. The van der Waals surface area contributed by atoms with Gasteiger partial charge in [0.1, 0.15) is 24.4 Å². The highest BCUT2D eigenvalue weighted by Crippen LogP contribution is 2.23. The summed E-state index contributed by atoms with van der Waals surface area (Å²) < 4.78 is 14.9. The lowest BCUT2D eigenvalue weighted by Crippen LogP contribution is -2.65. The molecule has 1 aliphatic heterocycles. The average Bonchev–Trinajstić information content (AvgIpc) is 2.44. The second-order valence-corrected chi connectivity index (χ2v) is 4.73. The minimum Gasteiger partial charge on any atom is -0.467 e. The number of rotatable bonds is 5. The lowest BCUT2D eigenvalue weighted by atomic mass is 9.96. The van der Waals surface area contributed by atoms with E-state index in [0.29, 0.717) is 0 Å². The molecule has 9 nitrogen and oxygen atoms in total. The molecule has 1 aliphatic rings. The minimum absolute atomic E-state index is 0.475. The second-order valence-electron chi connectivity index (χ2n) is 4.73. The lowest BCUT2D eigenvalue weighted by molar-refractivity contribution is -0.267. The van der Waals surface area contributed by atoms with Crippen LogP contribution in [0.3, 0.4) is 0 Å². The number of carbonyl (C=O) groups is 2. The number of hydrogen-bond acceptors (Lipinski definition) is 8. The van der Waals surface area contributed by atoms with Gasteiger partial charge >= 0.3 is 5.97 Å². The number of methoxy groups -OCH3 is 1. The zero-order valence-electron chi connectivity index (χ0n) is 12.1. The smallest absolute Gasteiger partial charge is 0.334 e. The van der Waals surface area contributed by atoms with Gasteiger partial charge in [-0.3, -0.25) is 4.79 Å². The second kappa shape index (κ2) is 7.66. The van der Waals surface area contributed by atoms with Crippen molar-refractivity contribution in [2.45, 2.75) is 50.6 Å². The summed E-state index contributed by atoms with van der Waals surface area (Å²) in [7, 11) is 1.18. The maximum absolute atomic E-state index is 11.4. The van der Waals surface area contributed by atoms with Crippen molar-refractivity contribution in [2.75, 3.05) is 13.7 Å². The molecule has 6 atom stereocenters. The first-order valence-corrected chi connectivity index (χ1v) is 6.44. The van der Waals surface area contributed by atoms with Crippen LogP contribution in [0.25, 0.3) is 0 Å². The highest BCUT2D eigenvalue weighted by Gasteiger charge is 2.46. The van der Waals surface area contributed by atoms with Crippen molar-refractivity contribution >= 4 is 11.9 Å². The molecule has 0 aromatic carbocycles. The van der Waals surface area contributed by atoms with Crippen molar-refractivity contribution in [1.82, 2.24) is 5.32 Å². The van der Waals surface area contributed by atoms with Crippen LogP contribution in [0.1, 0.15) is 13.8 Å². The van der Waals surface area contributed by atoms with Crippen molar-refractivity contribution in [3.63, 3.8) is 0 Å². The molecule has 3 unspecified atom stereocenters. The number of aliphatic hydroxyl groups is 3. The van der Waals surface area contributed by atoms with Crippen LogP contribution in [0.4, 0.5) is 0 Å². The van der Waals surface area contributed by atoms with Crippen molar-refractivity contribution in [1.29, 1.82) is 0 Å². The van der Waals surface area contributed by atoms with Crippen molar-refractivity contribution in [3.05, 3.63) is 0 Å². The summed E-state index contributed by atoms with van der Waals surface area (Å²) >= 11 is 0. The molecule has 4 N–H and O–H groups in total. The fourth-order valence-corrected chi connectivity index (χ4v) is 2.09. The molecule has 0 bridgehead atoms. The summed E-state index contributed by atoms with van der Waals surface area (Å²) in [6.45, 7) is 2.06. The number of carbonyl (C=O) groups excluding carboxylic acids is 2. The van der Waals surface area contributed by atoms with E-state index in [9.17, 15) is 19.8 Å². The summed E-state index contributed by atoms with van der Waals surface area (Å²) in [6.07, 6.45) is -6.12. The Kier molecular flexibility index (Phi) is 6.49. The van der Waals surface area contributed by atoms with Crippen LogP contribution in [0, 0.1) is 0 Å². The van der Waals surface area contributed by atoms with Crippen LogP contribution >= 0.6 is 0 Å². The summed E-state index contributed by atoms with van der Waals surface area (Å²) in [4.78, 5) is 22.6. The van der Waals surface area contributed by atoms with Crippen molar-refractivity contribution < 1.29 is 39.1 Å². The Balaban J connectivity index is 2.92. The Labute approximate surface area is 121 Å². The number of ether oxygens (including phenoxy) is 3. The fraction of sp³-hybridized carbons (Fsp3) is 0.833. The molecule has 0 aromatic heterocycles. The van der Waals surface area contributed by atoms with E-state index < -0.39 is 55.2 Å². The quantitative estimate of drug-likeness (QED) is 0.410. The third kappa shape index (κ3) is 4.35. The zero-order chi connectivity index (χ0) is 16.2. The van der Waals surface area contributed by atoms with Gasteiger partial charge in [0.05, 0.1) is 13.7 Å². The first kappa shape index (κ1) is 17.8. The highest BCUT2D eigenvalue weighted by atomic mass is 16.6. The van der Waals surface area contributed by atoms with Gasteiger partial charge in [-0.05, 0) is 6.92 Å². The summed E-state index contributed by atoms with van der Waals surface area (Å²) in [6, 6.07) is -1.09. The molecule has 9 heteroatoms. The van der Waals surface area contributed by atoms with Crippen molar-refractivity contribution in [2.24, 2.45) is 0 Å². The van der Waals surface area contributed by atoms with Gasteiger partial charge in [-0.2, -0.15) is 0 Å². The van der Waals surface area contributed by atoms with Crippen LogP contribution in [0.5, 0.6) is 0 Å². The molecule has 0 aliphatic carbocycles. The molecule has 122 valence electrons. The fourth-order valence-electron chi connectivity index (χ4n) is 2.09.